The lowest BCUT2D eigenvalue weighted by Crippen LogP contribution is -2.27. The Hall–Kier alpha value is -2.40. The third kappa shape index (κ3) is 5.06. The minimum atomic E-state index is -0.284. The third-order valence-corrected chi connectivity index (χ3v) is 3.74. The van der Waals surface area contributed by atoms with Gasteiger partial charge in [0.25, 0.3) is 0 Å². The minimum Gasteiger partial charge on any atom is -0.497 e. The Labute approximate surface area is 147 Å². The van der Waals surface area contributed by atoms with E-state index in [9.17, 15) is 4.79 Å². The van der Waals surface area contributed by atoms with Gasteiger partial charge < -0.3 is 19.7 Å². The van der Waals surface area contributed by atoms with Crippen LogP contribution in [0.3, 0.4) is 0 Å². The molecule has 0 heterocycles. The van der Waals surface area contributed by atoms with Crippen molar-refractivity contribution >= 4 is 23.3 Å². The van der Waals surface area contributed by atoms with Gasteiger partial charge >= 0.3 is 6.03 Å². The van der Waals surface area contributed by atoms with Crippen LogP contribution in [0.5, 0.6) is 11.5 Å². The van der Waals surface area contributed by atoms with Gasteiger partial charge in [0.05, 0.1) is 12.5 Å². The van der Waals surface area contributed by atoms with Crippen molar-refractivity contribution < 1.29 is 14.3 Å². The highest BCUT2D eigenvalue weighted by atomic mass is 35.5. The molecule has 24 heavy (non-hydrogen) atoms. The van der Waals surface area contributed by atoms with Crippen LogP contribution in [0.2, 0.25) is 0 Å². The monoisotopic (exact) mass is 348 g/mol. The number of anilines is 1. The minimum absolute atomic E-state index is 0.178. The van der Waals surface area contributed by atoms with Gasteiger partial charge in [-0.05, 0) is 42.0 Å². The number of carbonyl (C=O) groups excluding carboxylic acids is 1. The molecule has 0 saturated heterocycles. The lowest BCUT2D eigenvalue weighted by Gasteiger charge is -2.14. The first-order valence-corrected chi connectivity index (χ1v) is 7.92. The van der Waals surface area contributed by atoms with Gasteiger partial charge in [0.1, 0.15) is 18.1 Å². The summed E-state index contributed by atoms with van der Waals surface area (Å²) >= 11 is 6.38. The third-order valence-electron chi connectivity index (χ3n) is 3.36. The Morgan fingerprint density at radius 2 is 1.88 bits per heavy atom. The number of hydrogen-bond donors (Lipinski definition) is 1. The molecule has 1 unspecified atom stereocenters. The molecule has 1 N–H and O–H groups in total. The van der Waals surface area contributed by atoms with Gasteiger partial charge in [-0.15, -0.1) is 11.6 Å². The fraction of sp³-hybridized carbons (Fsp3) is 0.278. The second-order valence-corrected chi connectivity index (χ2v) is 5.93. The SMILES string of the molecule is COc1cccc(C(Cl)COc2ccc(NC(=O)N(C)C)cc2)c1. The van der Waals surface area contributed by atoms with Crippen LogP contribution in [0.4, 0.5) is 10.5 Å². The summed E-state index contributed by atoms with van der Waals surface area (Å²) in [6.07, 6.45) is 0. The fourth-order valence-electron chi connectivity index (χ4n) is 1.97. The summed E-state index contributed by atoms with van der Waals surface area (Å²) in [6.45, 7) is 0.331. The van der Waals surface area contributed by atoms with Gasteiger partial charge in [0.2, 0.25) is 0 Å². The number of urea groups is 1. The number of benzene rings is 2. The highest BCUT2D eigenvalue weighted by Crippen LogP contribution is 2.25. The summed E-state index contributed by atoms with van der Waals surface area (Å²) in [7, 11) is 4.99. The molecule has 0 aliphatic carbocycles. The van der Waals surface area contributed by atoms with Gasteiger partial charge in [-0.25, -0.2) is 4.79 Å². The first kappa shape index (κ1) is 17.9. The molecule has 2 aromatic rings. The molecule has 1 atom stereocenters. The van der Waals surface area contributed by atoms with Gasteiger partial charge in [-0.2, -0.15) is 0 Å². The van der Waals surface area contributed by atoms with E-state index in [4.69, 9.17) is 21.1 Å². The summed E-state index contributed by atoms with van der Waals surface area (Å²) in [5.74, 6) is 1.45. The van der Waals surface area contributed by atoms with Crippen LogP contribution in [0.1, 0.15) is 10.9 Å². The van der Waals surface area contributed by atoms with E-state index >= 15 is 0 Å². The molecule has 0 aliphatic rings. The Kier molecular flexibility index (Phi) is 6.32. The average Bonchev–Trinajstić information content (AvgIpc) is 2.60. The smallest absolute Gasteiger partial charge is 0.321 e. The van der Waals surface area contributed by atoms with E-state index in [1.165, 1.54) is 4.90 Å². The van der Waals surface area contributed by atoms with Crippen LogP contribution in [-0.4, -0.2) is 38.7 Å². The van der Waals surface area contributed by atoms with Gasteiger partial charge in [-0.1, -0.05) is 12.1 Å². The number of carbonyl (C=O) groups is 1. The zero-order chi connectivity index (χ0) is 17.5. The standard InChI is InChI=1S/C18H21ClN2O3/c1-21(2)18(22)20-14-7-9-15(10-8-14)24-12-17(19)13-5-4-6-16(11-13)23-3/h4-11,17H,12H2,1-3H3,(H,20,22). The summed E-state index contributed by atoms with van der Waals surface area (Å²) in [5, 5.41) is 2.48. The summed E-state index contributed by atoms with van der Waals surface area (Å²) in [6, 6.07) is 14.6. The topological polar surface area (TPSA) is 50.8 Å². The predicted octanol–water partition coefficient (Wildman–Crippen LogP) is 4.15. The number of nitrogens with one attached hydrogen (secondary N) is 1. The average molecular weight is 349 g/mol. The number of hydrogen-bond acceptors (Lipinski definition) is 3. The molecular formula is C18H21ClN2O3. The number of amides is 2. The normalized spacial score (nSPS) is 11.5. The van der Waals surface area contributed by atoms with Crippen LogP contribution in [-0.2, 0) is 0 Å². The first-order chi connectivity index (χ1) is 11.5. The highest BCUT2D eigenvalue weighted by Gasteiger charge is 2.10. The predicted molar refractivity (Wildman–Crippen MR) is 96.2 cm³/mol. The van der Waals surface area contributed by atoms with Crippen molar-refractivity contribution in [2.24, 2.45) is 0 Å². The van der Waals surface area contributed by atoms with E-state index < -0.39 is 0 Å². The first-order valence-electron chi connectivity index (χ1n) is 7.49. The number of alkyl halides is 1. The molecule has 0 spiro atoms. The molecule has 128 valence electrons. The van der Waals surface area contributed by atoms with Crippen LogP contribution >= 0.6 is 11.6 Å². The summed E-state index contributed by atoms with van der Waals surface area (Å²) in [5.41, 5.74) is 1.64. The number of halogens is 1. The molecule has 2 amide bonds. The van der Waals surface area contributed by atoms with E-state index in [1.807, 2.05) is 24.3 Å². The van der Waals surface area contributed by atoms with E-state index in [-0.39, 0.29) is 11.4 Å². The highest BCUT2D eigenvalue weighted by molar-refractivity contribution is 6.21. The molecule has 2 rings (SSSR count). The van der Waals surface area contributed by atoms with Crippen molar-refractivity contribution in [1.82, 2.24) is 4.90 Å². The molecule has 0 radical (unpaired) electrons. The largest absolute Gasteiger partial charge is 0.497 e. The number of methoxy groups -OCH3 is 1. The zero-order valence-electron chi connectivity index (χ0n) is 14.0. The van der Waals surface area contributed by atoms with E-state index in [0.717, 1.165) is 11.3 Å². The van der Waals surface area contributed by atoms with Crippen LogP contribution in [0, 0.1) is 0 Å². The Morgan fingerprint density at radius 3 is 2.50 bits per heavy atom. The summed E-state index contributed by atoms with van der Waals surface area (Å²) < 4.78 is 10.9. The van der Waals surface area contributed by atoms with Crippen LogP contribution in [0.15, 0.2) is 48.5 Å². The molecule has 0 aliphatic heterocycles. The molecule has 0 aromatic heterocycles. The van der Waals surface area contributed by atoms with Crippen LogP contribution in [0.25, 0.3) is 0 Å². The molecule has 0 saturated carbocycles. The Morgan fingerprint density at radius 1 is 1.17 bits per heavy atom. The van der Waals surface area contributed by atoms with Gasteiger partial charge in [-0.3, -0.25) is 0 Å². The molecule has 0 fully saturated rings. The quantitative estimate of drug-likeness (QED) is 0.798. The lowest BCUT2D eigenvalue weighted by molar-refractivity contribution is 0.230. The number of rotatable bonds is 6. The van der Waals surface area contributed by atoms with Crippen molar-refractivity contribution in [3.63, 3.8) is 0 Å². The number of ether oxygens (including phenoxy) is 2. The Balaban J connectivity index is 1.90. The van der Waals surface area contributed by atoms with Crippen molar-refractivity contribution in [1.29, 1.82) is 0 Å². The van der Waals surface area contributed by atoms with Crippen LogP contribution < -0.4 is 14.8 Å². The second-order valence-electron chi connectivity index (χ2n) is 5.40. The maximum absolute atomic E-state index is 11.6. The number of nitrogens with zero attached hydrogens (tertiary/aromatic N) is 1. The second kappa shape index (κ2) is 8.45. The molecule has 2 aromatic carbocycles. The molecule has 0 bridgehead atoms. The zero-order valence-corrected chi connectivity index (χ0v) is 14.7. The lowest BCUT2D eigenvalue weighted by atomic mass is 10.1. The van der Waals surface area contributed by atoms with Gasteiger partial charge in [0, 0.05) is 19.8 Å². The van der Waals surface area contributed by atoms with Crippen molar-refractivity contribution in [3.05, 3.63) is 54.1 Å². The van der Waals surface area contributed by atoms with Crippen molar-refractivity contribution in [2.45, 2.75) is 5.38 Å². The molecule has 6 heteroatoms. The maximum Gasteiger partial charge on any atom is 0.321 e. The van der Waals surface area contributed by atoms with Crippen molar-refractivity contribution in [3.8, 4) is 11.5 Å². The molecule has 5 nitrogen and oxygen atoms in total. The Bertz CT molecular complexity index is 674. The summed E-state index contributed by atoms with van der Waals surface area (Å²) in [4.78, 5) is 13.0. The maximum atomic E-state index is 11.6. The van der Waals surface area contributed by atoms with E-state index in [2.05, 4.69) is 5.32 Å². The van der Waals surface area contributed by atoms with E-state index in [1.54, 1.807) is 45.5 Å². The van der Waals surface area contributed by atoms with Crippen molar-refractivity contribution in [2.75, 3.05) is 33.1 Å². The molecular weight excluding hydrogens is 328 g/mol. The van der Waals surface area contributed by atoms with E-state index in [0.29, 0.717) is 18.0 Å². The van der Waals surface area contributed by atoms with Gasteiger partial charge in [0.15, 0.2) is 0 Å². The fourth-order valence-corrected chi connectivity index (χ4v) is 2.17.